The van der Waals surface area contributed by atoms with Crippen molar-refractivity contribution in [2.45, 2.75) is 65.2 Å². The van der Waals surface area contributed by atoms with E-state index in [2.05, 4.69) is 6.92 Å². The molecule has 0 N–H and O–H groups in total. The van der Waals surface area contributed by atoms with Crippen LogP contribution >= 0.6 is 11.8 Å². The van der Waals surface area contributed by atoms with E-state index in [0.29, 0.717) is 5.78 Å². The second kappa shape index (κ2) is 12.1. The molecule has 0 bridgehead atoms. The lowest BCUT2D eigenvalue weighted by Gasteiger charge is -2.01. The average Bonchev–Trinajstić information content (AvgIpc) is 2.20. The van der Waals surface area contributed by atoms with Gasteiger partial charge in [0.25, 0.3) is 0 Å². The fourth-order valence-corrected chi connectivity index (χ4v) is 2.52. The number of carbonyl (C=O) groups excluding carboxylic acids is 1. The molecule has 0 aromatic heterocycles. The van der Waals surface area contributed by atoms with Gasteiger partial charge in [-0.3, -0.25) is 4.79 Å². The molecule has 0 atom stereocenters. The van der Waals surface area contributed by atoms with Gasteiger partial charge in [0.2, 0.25) is 0 Å². The van der Waals surface area contributed by atoms with Crippen LogP contribution in [0.5, 0.6) is 0 Å². The Balaban J connectivity index is 2.89. The maximum atomic E-state index is 10.7. The monoisotopic (exact) mass is 230 g/mol. The fourth-order valence-electron chi connectivity index (χ4n) is 1.48. The van der Waals surface area contributed by atoms with Crippen LogP contribution in [0, 0.1) is 0 Å². The molecule has 15 heavy (non-hydrogen) atoms. The summed E-state index contributed by atoms with van der Waals surface area (Å²) in [4.78, 5) is 10.7. The number of rotatable bonds is 11. The standard InChI is InChI=1S/C13H26OS/c1-3-4-5-6-7-8-9-11-15-12-10-13(2)14/h3-12H2,1-2H3. The quantitative estimate of drug-likeness (QED) is 0.488. The van der Waals surface area contributed by atoms with Crippen LogP contribution in [0.1, 0.15) is 65.2 Å². The maximum absolute atomic E-state index is 10.7. The van der Waals surface area contributed by atoms with Gasteiger partial charge in [0.15, 0.2) is 0 Å². The summed E-state index contributed by atoms with van der Waals surface area (Å²) in [6, 6.07) is 0. The van der Waals surface area contributed by atoms with Gasteiger partial charge in [0, 0.05) is 12.2 Å². The van der Waals surface area contributed by atoms with Crippen LogP contribution in [-0.4, -0.2) is 17.3 Å². The van der Waals surface area contributed by atoms with Gasteiger partial charge in [-0.25, -0.2) is 0 Å². The Morgan fingerprint density at radius 3 is 2.13 bits per heavy atom. The third-order valence-corrected chi connectivity index (χ3v) is 3.56. The van der Waals surface area contributed by atoms with Gasteiger partial charge in [-0.15, -0.1) is 0 Å². The number of thioether (sulfide) groups is 1. The lowest BCUT2D eigenvalue weighted by molar-refractivity contribution is -0.116. The smallest absolute Gasteiger partial charge is 0.130 e. The Kier molecular flexibility index (Phi) is 12.1. The molecule has 0 fully saturated rings. The second-order valence-electron chi connectivity index (χ2n) is 4.19. The minimum atomic E-state index is 0.321. The summed E-state index contributed by atoms with van der Waals surface area (Å²) in [5.41, 5.74) is 0. The molecule has 0 unspecified atom stereocenters. The van der Waals surface area contributed by atoms with E-state index < -0.39 is 0 Å². The summed E-state index contributed by atoms with van der Waals surface area (Å²) in [6.07, 6.45) is 10.4. The van der Waals surface area contributed by atoms with Gasteiger partial charge in [-0.05, 0) is 19.1 Å². The van der Waals surface area contributed by atoms with Crippen molar-refractivity contribution >= 4 is 17.5 Å². The van der Waals surface area contributed by atoms with Crippen LogP contribution in [0.25, 0.3) is 0 Å². The van der Waals surface area contributed by atoms with Crippen molar-refractivity contribution in [3.8, 4) is 0 Å². The second-order valence-corrected chi connectivity index (χ2v) is 5.41. The summed E-state index contributed by atoms with van der Waals surface area (Å²) in [6.45, 7) is 3.93. The Hall–Kier alpha value is 0.0200. The Morgan fingerprint density at radius 2 is 1.53 bits per heavy atom. The topological polar surface area (TPSA) is 17.1 Å². The molecule has 0 saturated carbocycles. The summed E-state index contributed by atoms with van der Waals surface area (Å²) in [5, 5.41) is 0. The van der Waals surface area contributed by atoms with E-state index >= 15 is 0 Å². The Bertz CT molecular complexity index is 145. The van der Waals surface area contributed by atoms with Gasteiger partial charge in [0.1, 0.15) is 5.78 Å². The molecule has 0 heterocycles. The van der Waals surface area contributed by atoms with Gasteiger partial charge in [-0.2, -0.15) is 11.8 Å². The number of ketones is 1. The van der Waals surface area contributed by atoms with Gasteiger partial charge >= 0.3 is 0 Å². The molecular formula is C13H26OS. The third-order valence-electron chi connectivity index (χ3n) is 2.49. The minimum Gasteiger partial charge on any atom is -0.300 e. The highest BCUT2D eigenvalue weighted by molar-refractivity contribution is 7.99. The van der Waals surface area contributed by atoms with Crippen molar-refractivity contribution in [2.75, 3.05) is 11.5 Å². The molecule has 1 nitrogen and oxygen atoms in total. The first-order chi connectivity index (χ1) is 7.27. The number of unbranched alkanes of at least 4 members (excludes halogenated alkanes) is 6. The van der Waals surface area contributed by atoms with Crippen LogP contribution in [0.4, 0.5) is 0 Å². The summed E-state index contributed by atoms with van der Waals surface area (Å²) >= 11 is 1.93. The first-order valence-corrected chi connectivity index (χ1v) is 7.50. The number of hydrogen-bond donors (Lipinski definition) is 0. The lowest BCUT2D eigenvalue weighted by Crippen LogP contribution is -1.92. The third kappa shape index (κ3) is 14.0. The summed E-state index contributed by atoms with van der Waals surface area (Å²) in [7, 11) is 0. The molecule has 0 aliphatic carbocycles. The van der Waals surface area contributed by atoms with Crippen molar-refractivity contribution in [2.24, 2.45) is 0 Å². The van der Waals surface area contributed by atoms with E-state index in [9.17, 15) is 4.79 Å². The molecule has 0 aliphatic heterocycles. The molecule has 90 valence electrons. The summed E-state index contributed by atoms with van der Waals surface area (Å²) < 4.78 is 0. The van der Waals surface area contributed by atoms with Crippen molar-refractivity contribution in [3.05, 3.63) is 0 Å². The van der Waals surface area contributed by atoms with Crippen molar-refractivity contribution < 1.29 is 4.79 Å². The zero-order chi connectivity index (χ0) is 11.4. The molecule has 2 heteroatoms. The fraction of sp³-hybridized carbons (Fsp3) is 0.923. The van der Waals surface area contributed by atoms with Gasteiger partial charge < -0.3 is 0 Å². The van der Waals surface area contributed by atoms with Crippen LogP contribution < -0.4 is 0 Å². The number of hydrogen-bond acceptors (Lipinski definition) is 2. The largest absolute Gasteiger partial charge is 0.300 e. The Labute approximate surface area is 99.4 Å². The van der Waals surface area contributed by atoms with Crippen LogP contribution in [0.3, 0.4) is 0 Å². The zero-order valence-electron chi connectivity index (χ0n) is 10.4. The zero-order valence-corrected chi connectivity index (χ0v) is 11.2. The van der Waals surface area contributed by atoms with E-state index in [1.165, 1.54) is 50.7 Å². The molecule has 0 amide bonds. The predicted octanol–water partition coefficient (Wildman–Crippen LogP) is 4.45. The number of carbonyl (C=O) groups is 1. The van der Waals surface area contributed by atoms with Gasteiger partial charge in [0.05, 0.1) is 0 Å². The minimum absolute atomic E-state index is 0.321. The first-order valence-electron chi connectivity index (χ1n) is 6.34. The molecule has 0 aromatic carbocycles. The van der Waals surface area contributed by atoms with Gasteiger partial charge in [-0.1, -0.05) is 45.4 Å². The molecule has 0 saturated heterocycles. The molecule has 0 rings (SSSR count). The first kappa shape index (κ1) is 15.0. The molecule has 0 spiro atoms. The highest BCUT2D eigenvalue weighted by atomic mass is 32.2. The number of Topliss-reactive ketones (excluding diaryl/α,β-unsaturated/α-hetero) is 1. The SMILES string of the molecule is CCCCCCCCCSCCC(C)=O. The molecule has 0 radical (unpaired) electrons. The van der Waals surface area contributed by atoms with Crippen LogP contribution in [-0.2, 0) is 4.79 Å². The molecular weight excluding hydrogens is 204 g/mol. The van der Waals surface area contributed by atoms with Crippen molar-refractivity contribution in [1.82, 2.24) is 0 Å². The van der Waals surface area contributed by atoms with E-state index in [1.54, 1.807) is 6.92 Å². The summed E-state index contributed by atoms with van der Waals surface area (Å²) in [5.74, 6) is 2.58. The highest BCUT2D eigenvalue weighted by Gasteiger charge is 1.94. The maximum Gasteiger partial charge on any atom is 0.130 e. The lowest BCUT2D eigenvalue weighted by atomic mass is 10.1. The molecule has 0 aromatic rings. The van der Waals surface area contributed by atoms with Crippen LogP contribution in [0.15, 0.2) is 0 Å². The molecule has 0 aliphatic rings. The van der Waals surface area contributed by atoms with Crippen LogP contribution in [0.2, 0.25) is 0 Å². The Morgan fingerprint density at radius 1 is 0.933 bits per heavy atom. The van der Waals surface area contributed by atoms with E-state index in [4.69, 9.17) is 0 Å². The van der Waals surface area contributed by atoms with E-state index in [1.807, 2.05) is 11.8 Å². The van der Waals surface area contributed by atoms with E-state index in [0.717, 1.165) is 12.2 Å². The normalized spacial score (nSPS) is 10.5. The van der Waals surface area contributed by atoms with Crippen molar-refractivity contribution in [3.63, 3.8) is 0 Å². The van der Waals surface area contributed by atoms with Crippen molar-refractivity contribution in [1.29, 1.82) is 0 Å². The average molecular weight is 230 g/mol. The van der Waals surface area contributed by atoms with E-state index in [-0.39, 0.29) is 0 Å². The predicted molar refractivity (Wildman–Crippen MR) is 70.6 cm³/mol. The highest BCUT2D eigenvalue weighted by Crippen LogP contribution is 2.11.